The standard InChI is InChI=1S/C11H19BrN2O2/c1-8(12)10(15)14-6-4-5-9(7-14)11(16)13(2)3/h8-9H,4-7H2,1-3H3. The summed E-state index contributed by atoms with van der Waals surface area (Å²) < 4.78 is 0. The highest BCUT2D eigenvalue weighted by Crippen LogP contribution is 2.19. The summed E-state index contributed by atoms with van der Waals surface area (Å²) in [5, 5.41) is 0. The Morgan fingerprint density at radius 2 is 2.06 bits per heavy atom. The Labute approximate surface area is 105 Å². The van der Waals surface area contributed by atoms with Gasteiger partial charge >= 0.3 is 0 Å². The van der Waals surface area contributed by atoms with Crippen molar-refractivity contribution in [3.05, 3.63) is 0 Å². The van der Waals surface area contributed by atoms with E-state index < -0.39 is 0 Å². The lowest BCUT2D eigenvalue weighted by atomic mass is 9.96. The highest BCUT2D eigenvalue weighted by Gasteiger charge is 2.30. The summed E-state index contributed by atoms with van der Waals surface area (Å²) >= 11 is 3.27. The minimum atomic E-state index is -0.166. The quantitative estimate of drug-likeness (QED) is 0.715. The van der Waals surface area contributed by atoms with Gasteiger partial charge in [-0.05, 0) is 19.8 Å². The van der Waals surface area contributed by atoms with Gasteiger partial charge in [-0.1, -0.05) is 15.9 Å². The molecule has 0 radical (unpaired) electrons. The Morgan fingerprint density at radius 1 is 1.44 bits per heavy atom. The van der Waals surface area contributed by atoms with Crippen molar-refractivity contribution in [2.75, 3.05) is 27.2 Å². The smallest absolute Gasteiger partial charge is 0.236 e. The molecule has 0 spiro atoms. The monoisotopic (exact) mass is 290 g/mol. The van der Waals surface area contributed by atoms with Crippen molar-refractivity contribution in [1.82, 2.24) is 9.80 Å². The van der Waals surface area contributed by atoms with Gasteiger partial charge in [0.1, 0.15) is 0 Å². The summed E-state index contributed by atoms with van der Waals surface area (Å²) in [6, 6.07) is 0. The summed E-state index contributed by atoms with van der Waals surface area (Å²) in [4.78, 5) is 26.8. The molecule has 4 nitrogen and oxygen atoms in total. The Hall–Kier alpha value is -0.580. The Balaban J connectivity index is 2.60. The van der Waals surface area contributed by atoms with Crippen LogP contribution in [0, 0.1) is 5.92 Å². The highest BCUT2D eigenvalue weighted by molar-refractivity contribution is 9.10. The zero-order valence-electron chi connectivity index (χ0n) is 10.1. The van der Waals surface area contributed by atoms with E-state index >= 15 is 0 Å². The van der Waals surface area contributed by atoms with Crippen LogP contribution in [-0.2, 0) is 9.59 Å². The van der Waals surface area contributed by atoms with Gasteiger partial charge in [0.15, 0.2) is 0 Å². The highest BCUT2D eigenvalue weighted by atomic mass is 79.9. The van der Waals surface area contributed by atoms with E-state index in [0.717, 1.165) is 19.4 Å². The molecule has 2 unspecified atom stereocenters. The van der Waals surface area contributed by atoms with Crippen LogP contribution in [0.15, 0.2) is 0 Å². The third kappa shape index (κ3) is 3.20. The Bertz CT molecular complexity index is 253. The largest absolute Gasteiger partial charge is 0.349 e. The van der Waals surface area contributed by atoms with Crippen LogP contribution in [0.3, 0.4) is 0 Å². The summed E-state index contributed by atoms with van der Waals surface area (Å²) in [5.74, 6) is 0.176. The number of likely N-dealkylation sites (tertiary alicyclic amines) is 1. The van der Waals surface area contributed by atoms with Gasteiger partial charge in [0, 0.05) is 27.2 Å². The number of nitrogens with zero attached hydrogens (tertiary/aromatic N) is 2. The van der Waals surface area contributed by atoms with E-state index in [-0.39, 0.29) is 22.6 Å². The molecule has 0 aromatic carbocycles. The number of rotatable bonds is 2. The van der Waals surface area contributed by atoms with E-state index in [9.17, 15) is 9.59 Å². The molecule has 16 heavy (non-hydrogen) atoms. The first-order valence-corrected chi connectivity index (χ1v) is 6.49. The SMILES string of the molecule is CC(Br)C(=O)N1CCCC(C(=O)N(C)C)C1. The van der Waals surface area contributed by atoms with E-state index in [4.69, 9.17) is 0 Å². The zero-order chi connectivity index (χ0) is 12.3. The van der Waals surface area contributed by atoms with E-state index in [2.05, 4.69) is 15.9 Å². The molecule has 1 saturated heterocycles. The first kappa shape index (κ1) is 13.5. The van der Waals surface area contributed by atoms with Gasteiger partial charge < -0.3 is 9.80 Å². The third-order valence-corrected chi connectivity index (χ3v) is 3.26. The molecule has 92 valence electrons. The topological polar surface area (TPSA) is 40.6 Å². The predicted molar refractivity (Wildman–Crippen MR) is 66.4 cm³/mol. The van der Waals surface area contributed by atoms with Crippen LogP contribution in [0.25, 0.3) is 0 Å². The molecule has 0 bridgehead atoms. The van der Waals surface area contributed by atoms with E-state index in [1.54, 1.807) is 23.9 Å². The van der Waals surface area contributed by atoms with Crippen molar-refractivity contribution in [2.45, 2.75) is 24.6 Å². The minimum absolute atomic E-state index is 0.0288. The maximum Gasteiger partial charge on any atom is 0.236 e. The van der Waals surface area contributed by atoms with Crippen LogP contribution in [0.4, 0.5) is 0 Å². The Kier molecular flexibility index (Phi) is 4.77. The van der Waals surface area contributed by atoms with E-state index in [1.165, 1.54) is 0 Å². The van der Waals surface area contributed by atoms with Crippen molar-refractivity contribution in [2.24, 2.45) is 5.92 Å². The average molecular weight is 291 g/mol. The van der Waals surface area contributed by atoms with Gasteiger partial charge in [-0.2, -0.15) is 0 Å². The number of carbonyl (C=O) groups excluding carboxylic acids is 2. The van der Waals surface area contributed by atoms with Crippen molar-refractivity contribution in [3.8, 4) is 0 Å². The van der Waals surface area contributed by atoms with E-state index in [0.29, 0.717) is 6.54 Å². The molecule has 0 aromatic heterocycles. The molecule has 5 heteroatoms. The van der Waals surface area contributed by atoms with Gasteiger partial charge in [-0.3, -0.25) is 9.59 Å². The number of amides is 2. The normalized spacial score (nSPS) is 22.8. The lowest BCUT2D eigenvalue weighted by Gasteiger charge is -2.33. The number of hydrogen-bond acceptors (Lipinski definition) is 2. The second-order valence-corrected chi connectivity index (χ2v) is 5.85. The van der Waals surface area contributed by atoms with Crippen molar-refractivity contribution < 1.29 is 9.59 Å². The number of alkyl halides is 1. The molecule has 1 heterocycles. The van der Waals surface area contributed by atoms with Crippen LogP contribution in [0.2, 0.25) is 0 Å². The lowest BCUT2D eigenvalue weighted by Crippen LogP contribution is -2.46. The summed E-state index contributed by atoms with van der Waals surface area (Å²) in [7, 11) is 3.52. The van der Waals surface area contributed by atoms with Crippen LogP contribution >= 0.6 is 15.9 Å². The third-order valence-electron chi connectivity index (χ3n) is 2.86. The van der Waals surface area contributed by atoms with Crippen LogP contribution in [0.5, 0.6) is 0 Å². The van der Waals surface area contributed by atoms with Gasteiger partial charge in [-0.25, -0.2) is 0 Å². The summed E-state index contributed by atoms with van der Waals surface area (Å²) in [6.07, 6.45) is 1.80. The molecule has 0 aromatic rings. The number of piperidine rings is 1. The van der Waals surface area contributed by atoms with Crippen LogP contribution in [0.1, 0.15) is 19.8 Å². The van der Waals surface area contributed by atoms with E-state index in [1.807, 2.05) is 6.92 Å². The summed E-state index contributed by atoms with van der Waals surface area (Å²) in [5.41, 5.74) is 0. The van der Waals surface area contributed by atoms with Crippen LogP contribution in [-0.4, -0.2) is 53.6 Å². The molecule has 1 aliphatic heterocycles. The molecule has 1 fully saturated rings. The molecule has 2 amide bonds. The van der Waals surface area contributed by atoms with Crippen molar-refractivity contribution in [3.63, 3.8) is 0 Å². The molecule has 1 aliphatic rings. The fourth-order valence-corrected chi connectivity index (χ4v) is 2.29. The van der Waals surface area contributed by atoms with Gasteiger partial charge in [-0.15, -0.1) is 0 Å². The molecule has 1 rings (SSSR count). The predicted octanol–water partition coefficient (Wildman–Crippen LogP) is 1.10. The molecule has 0 aliphatic carbocycles. The second-order valence-electron chi connectivity index (χ2n) is 4.47. The molecule has 2 atom stereocenters. The molecule has 0 saturated carbocycles. The Morgan fingerprint density at radius 3 is 2.56 bits per heavy atom. The second kappa shape index (κ2) is 5.66. The fraction of sp³-hybridized carbons (Fsp3) is 0.818. The number of carbonyl (C=O) groups is 2. The van der Waals surface area contributed by atoms with Gasteiger partial charge in [0.2, 0.25) is 11.8 Å². The molecular weight excluding hydrogens is 272 g/mol. The average Bonchev–Trinajstić information content (AvgIpc) is 2.26. The summed E-state index contributed by atoms with van der Waals surface area (Å²) in [6.45, 7) is 3.15. The lowest BCUT2D eigenvalue weighted by molar-refractivity contribution is -0.138. The van der Waals surface area contributed by atoms with Gasteiger partial charge in [0.05, 0.1) is 10.7 Å². The zero-order valence-corrected chi connectivity index (χ0v) is 11.7. The number of halogens is 1. The first-order chi connectivity index (χ1) is 7.43. The van der Waals surface area contributed by atoms with Crippen molar-refractivity contribution in [1.29, 1.82) is 0 Å². The van der Waals surface area contributed by atoms with Crippen LogP contribution < -0.4 is 0 Å². The van der Waals surface area contributed by atoms with Gasteiger partial charge in [0.25, 0.3) is 0 Å². The first-order valence-electron chi connectivity index (χ1n) is 5.57. The maximum absolute atomic E-state index is 11.8. The maximum atomic E-state index is 11.8. The fourth-order valence-electron chi connectivity index (χ4n) is 2.00. The minimum Gasteiger partial charge on any atom is -0.349 e. The number of hydrogen-bond donors (Lipinski definition) is 0. The molecular formula is C11H19BrN2O2. The molecule has 0 N–H and O–H groups in total. The van der Waals surface area contributed by atoms with Crippen molar-refractivity contribution >= 4 is 27.7 Å².